The highest BCUT2D eigenvalue weighted by Gasteiger charge is 2.38. The van der Waals surface area contributed by atoms with Gasteiger partial charge in [0, 0.05) is 12.6 Å². The first-order valence-electron chi connectivity index (χ1n) is 6.65. The number of hydrogen-bond donors (Lipinski definition) is 1. The molecule has 2 N–H and O–H groups in total. The summed E-state index contributed by atoms with van der Waals surface area (Å²) >= 11 is 1.23. The van der Waals surface area contributed by atoms with Gasteiger partial charge in [-0.25, -0.2) is 13.4 Å². The fourth-order valence-electron chi connectivity index (χ4n) is 2.83. The van der Waals surface area contributed by atoms with E-state index in [0.29, 0.717) is 17.3 Å². The van der Waals surface area contributed by atoms with Crippen LogP contribution in [-0.2, 0) is 10.0 Å². The second kappa shape index (κ2) is 5.87. The van der Waals surface area contributed by atoms with Gasteiger partial charge in [-0.3, -0.25) is 0 Å². The monoisotopic (exact) mass is 303 g/mol. The Morgan fingerprint density at radius 1 is 1.53 bits per heavy atom. The first kappa shape index (κ1) is 14.9. The van der Waals surface area contributed by atoms with E-state index >= 15 is 0 Å². The SMILES string of the molecule is CCN(C1CCCC1CN)S(=O)(=O)c1cnc(C)s1. The third-order valence-electron chi connectivity index (χ3n) is 3.77. The maximum Gasteiger partial charge on any atom is 0.254 e. The Labute approximate surface area is 118 Å². The zero-order chi connectivity index (χ0) is 14.0. The van der Waals surface area contributed by atoms with Crippen molar-refractivity contribution >= 4 is 21.4 Å². The van der Waals surface area contributed by atoms with Gasteiger partial charge in [-0.1, -0.05) is 13.3 Å². The van der Waals surface area contributed by atoms with Crippen LogP contribution in [0.5, 0.6) is 0 Å². The van der Waals surface area contributed by atoms with E-state index in [1.807, 2.05) is 13.8 Å². The lowest BCUT2D eigenvalue weighted by molar-refractivity contribution is 0.276. The average Bonchev–Trinajstić information content (AvgIpc) is 2.98. The Morgan fingerprint density at radius 3 is 2.79 bits per heavy atom. The minimum Gasteiger partial charge on any atom is -0.330 e. The molecule has 1 aliphatic carbocycles. The van der Waals surface area contributed by atoms with Gasteiger partial charge >= 0.3 is 0 Å². The van der Waals surface area contributed by atoms with Gasteiger partial charge < -0.3 is 5.73 Å². The highest BCUT2D eigenvalue weighted by molar-refractivity contribution is 7.91. The Bertz CT molecular complexity index is 527. The van der Waals surface area contributed by atoms with Crippen molar-refractivity contribution in [3.63, 3.8) is 0 Å². The second-order valence-corrected chi connectivity index (χ2v) is 8.25. The summed E-state index contributed by atoms with van der Waals surface area (Å²) in [7, 11) is -3.42. The number of rotatable bonds is 5. The van der Waals surface area contributed by atoms with Crippen LogP contribution in [0.4, 0.5) is 0 Å². The molecule has 1 aromatic heterocycles. The van der Waals surface area contributed by atoms with E-state index in [0.717, 1.165) is 24.3 Å². The Morgan fingerprint density at radius 2 is 2.26 bits per heavy atom. The molecule has 108 valence electrons. The summed E-state index contributed by atoms with van der Waals surface area (Å²) in [6, 6.07) is 0.0439. The lowest BCUT2D eigenvalue weighted by atomic mass is 10.0. The molecular formula is C12H21N3O2S2. The quantitative estimate of drug-likeness (QED) is 0.896. The molecule has 0 bridgehead atoms. The summed E-state index contributed by atoms with van der Waals surface area (Å²) in [5.41, 5.74) is 5.77. The number of aromatic nitrogens is 1. The number of hydrogen-bond acceptors (Lipinski definition) is 5. The smallest absolute Gasteiger partial charge is 0.254 e. The molecule has 0 aliphatic heterocycles. The van der Waals surface area contributed by atoms with Crippen LogP contribution >= 0.6 is 11.3 Å². The van der Waals surface area contributed by atoms with Crippen molar-refractivity contribution in [2.75, 3.05) is 13.1 Å². The van der Waals surface area contributed by atoms with Gasteiger partial charge in [0.05, 0.1) is 11.2 Å². The maximum absolute atomic E-state index is 12.7. The lowest BCUT2D eigenvalue weighted by Gasteiger charge is -2.30. The Hall–Kier alpha value is -0.500. The first-order valence-corrected chi connectivity index (χ1v) is 8.90. The molecule has 2 unspecified atom stereocenters. The first-order chi connectivity index (χ1) is 9.00. The van der Waals surface area contributed by atoms with Crippen LogP contribution in [0.25, 0.3) is 0 Å². The van der Waals surface area contributed by atoms with Crippen LogP contribution in [0, 0.1) is 12.8 Å². The van der Waals surface area contributed by atoms with Gasteiger partial charge in [-0.2, -0.15) is 4.31 Å². The number of aryl methyl sites for hydroxylation is 1. The molecule has 7 heteroatoms. The van der Waals surface area contributed by atoms with Gasteiger partial charge in [0.1, 0.15) is 0 Å². The van der Waals surface area contributed by atoms with Crippen molar-refractivity contribution in [1.82, 2.24) is 9.29 Å². The van der Waals surface area contributed by atoms with Gasteiger partial charge in [-0.15, -0.1) is 11.3 Å². The summed E-state index contributed by atoms with van der Waals surface area (Å²) in [6.07, 6.45) is 4.45. The molecular weight excluding hydrogens is 282 g/mol. The number of nitrogens with zero attached hydrogens (tertiary/aromatic N) is 2. The summed E-state index contributed by atoms with van der Waals surface area (Å²) in [5, 5.41) is 0.774. The van der Waals surface area contributed by atoms with E-state index in [9.17, 15) is 8.42 Å². The summed E-state index contributed by atoms with van der Waals surface area (Å²) in [6.45, 7) is 4.74. The molecule has 1 saturated carbocycles. The van der Waals surface area contributed by atoms with Gasteiger partial charge in [-0.05, 0) is 32.2 Å². The Kier molecular flexibility index (Phi) is 4.60. The molecule has 5 nitrogen and oxygen atoms in total. The lowest BCUT2D eigenvalue weighted by Crippen LogP contribution is -2.43. The molecule has 19 heavy (non-hydrogen) atoms. The average molecular weight is 303 g/mol. The third-order valence-corrected chi connectivity index (χ3v) is 7.12. The zero-order valence-electron chi connectivity index (χ0n) is 11.4. The minimum absolute atomic E-state index is 0.0439. The molecule has 1 heterocycles. The largest absolute Gasteiger partial charge is 0.330 e. The van der Waals surface area contributed by atoms with Crippen molar-refractivity contribution < 1.29 is 8.42 Å². The second-order valence-electron chi connectivity index (χ2n) is 4.90. The van der Waals surface area contributed by atoms with Crippen LogP contribution in [0.1, 0.15) is 31.2 Å². The molecule has 1 aromatic rings. The van der Waals surface area contributed by atoms with Gasteiger partial charge in [0.15, 0.2) is 4.21 Å². The molecule has 0 saturated heterocycles. The summed E-state index contributed by atoms with van der Waals surface area (Å²) < 4.78 is 27.3. The normalized spacial score (nSPS) is 24.2. The van der Waals surface area contributed by atoms with E-state index in [4.69, 9.17) is 5.73 Å². The highest BCUT2D eigenvalue weighted by atomic mass is 32.2. The van der Waals surface area contributed by atoms with Crippen molar-refractivity contribution in [3.05, 3.63) is 11.2 Å². The molecule has 0 spiro atoms. The fourth-order valence-corrected chi connectivity index (χ4v) is 5.79. The zero-order valence-corrected chi connectivity index (χ0v) is 13.0. The van der Waals surface area contributed by atoms with E-state index in [-0.39, 0.29) is 12.0 Å². The van der Waals surface area contributed by atoms with Crippen LogP contribution in [-0.4, -0.2) is 36.8 Å². The van der Waals surface area contributed by atoms with Crippen LogP contribution in [0.15, 0.2) is 10.4 Å². The van der Waals surface area contributed by atoms with E-state index in [1.165, 1.54) is 17.5 Å². The van der Waals surface area contributed by atoms with Crippen LogP contribution in [0.2, 0.25) is 0 Å². The molecule has 1 aliphatic rings. The predicted octanol–water partition coefficient (Wildman–Crippen LogP) is 1.59. The van der Waals surface area contributed by atoms with E-state index in [2.05, 4.69) is 4.98 Å². The topological polar surface area (TPSA) is 76.3 Å². The highest BCUT2D eigenvalue weighted by Crippen LogP contribution is 2.33. The fraction of sp³-hybridized carbons (Fsp3) is 0.750. The minimum atomic E-state index is -3.42. The summed E-state index contributed by atoms with van der Waals surface area (Å²) in [5.74, 6) is 0.281. The Balaban J connectivity index is 2.31. The van der Waals surface area contributed by atoms with Crippen molar-refractivity contribution in [2.24, 2.45) is 11.7 Å². The molecule has 0 radical (unpaired) electrons. The third kappa shape index (κ3) is 2.84. The molecule has 2 rings (SSSR count). The van der Waals surface area contributed by atoms with Crippen molar-refractivity contribution in [3.8, 4) is 0 Å². The van der Waals surface area contributed by atoms with Crippen LogP contribution < -0.4 is 5.73 Å². The van der Waals surface area contributed by atoms with E-state index < -0.39 is 10.0 Å². The molecule has 0 amide bonds. The molecule has 0 aromatic carbocycles. The van der Waals surface area contributed by atoms with Gasteiger partial charge in [0.25, 0.3) is 10.0 Å². The number of sulfonamides is 1. The molecule has 2 atom stereocenters. The van der Waals surface area contributed by atoms with Crippen molar-refractivity contribution in [2.45, 2.75) is 43.4 Å². The van der Waals surface area contributed by atoms with Crippen molar-refractivity contribution in [1.29, 1.82) is 0 Å². The predicted molar refractivity (Wildman–Crippen MR) is 76.6 cm³/mol. The number of thiazole rings is 1. The standard InChI is InChI=1S/C12H21N3O2S2/c1-3-15(11-6-4-5-10(11)7-13)19(16,17)12-8-14-9(2)18-12/h8,10-11H,3-7,13H2,1-2H3. The summed E-state index contributed by atoms with van der Waals surface area (Å²) in [4.78, 5) is 4.05. The number of nitrogens with two attached hydrogens (primary N) is 1. The maximum atomic E-state index is 12.7. The van der Waals surface area contributed by atoms with E-state index in [1.54, 1.807) is 4.31 Å². The van der Waals surface area contributed by atoms with Crippen LogP contribution in [0.3, 0.4) is 0 Å². The molecule has 1 fully saturated rings. The van der Waals surface area contributed by atoms with Gasteiger partial charge in [0.2, 0.25) is 0 Å².